The predicted molar refractivity (Wildman–Crippen MR) is 109 cm³/mol. The first-order valence-electron chi connectivity index (χ1n) is 8.92. The van der Waals surface area contributed by atoms with E-state index in [4.69, 9.17) is 5.73 Å². The molecule has 0 radical (unpaired) electrons. The minimum atomic E-state index is -0.273. The van der Waals surface area contributed by atoms with Crippen LogP contribution in [0.2, 0.25) is 0 Å². The summed E-state index contributed by atoms with van der Waals surface area (Å²) in [5, 5.41) is 7.87. The number of amides is 2. The topological polar surface area (TPSA) is 93.2 Å². The molecule has 4 rings (SSSR count). The summed E-state index contributed by atoms with van der Waals surface area (Å²) in [7, 11) is 3.44. The molecule has 7 nitrogen and oxygen atoms in total. The zero-order valence-electron chi connectivity index (χ0n) is 15.8. The average molecular weight is 375 g/mol. The molecule has 7 heteroatoms. The highest BCUT2D eigenvalue weighted by Gasteiger charge is 2.31. The molecule has 28 heavy (non-hydrogen) atoms. The summed E-state index contributed by atoms with van der Waals surface area (Å²) in [5.41, 5.74) is 11.3. The number of hydrogen-bond acceptors (Lipinski definition) is 4. The summed E-state index contributed by atoms with van der Waals surface area (Å²) >= 11 is 0. The maximum Gasteiger partial charge on any atom is 0.254 e. The highest BCUT2D eigenvalue weighted by molar-refractivity contribution is 6.03. The Morgan fingerprint density at radius 1 is 1.29 bits per heavy atom. The van der Waals surface area contributed by atoms with E-state index >= 15 is 0 Å². The van der Waals surface area contributed by atoms with E-state index in [-0.39, 0.29) is 18.4 Å². The largest absolute Gasteiger partial charge is 0.399 e. The van der Waals surface area contributed by atoms with Crippen molar-refractivity contribution in [2.24, 2.45) is 7.05 Å². The third-order valence-corrected chi connectivity index (χ3v) is 5.13. The standard InChI is InChI=1S/C21H21N5O2/c1-12(20(27)23-2)10-26-11-18-16(7-15(22)8-17(18)21(26)28)13-4-5-14-9-24-25(3)19(14)6-13/h4-9H,1,10-11,22H2,2-3H3,(H,23,27). The number of aromatic nitrogens is 2. The number of carbonyl (C=O) groups is 2. The fourth-order valence-corrected chi connectivity index (χ4v) is 3.66. The van der Waals surface area contributed by atoms with Crippen molar-refractivity contribution >= 4 is 28.4 Å². The van der Waals surface area contributed by atoms with Crippen LogP contribution in [0, 0.1) is 0 Å². The van der Waals surface area contributed by atoms with Crippen molar-refractivity contribution < 1.29 is 9.59 Å². The number of nitrogen functional groups attached to an aromatic ring is 1. The molecular weight excluding hydrogens is 354 g/mol. The molecule has 1 aliphatic rings. The van der Waals surface area contributed by atoms with Crippen molar-refractivity contribution in [3.05, 3.63) is 59.8 Å². The highest BCUT2D eigenvalue weighted by atomic mass is 16.2. The highest BCUT2D eigenvalue weighted by Crippen LogP contribution is 2.36. The zero-order chi connectivity index (χ0) is 20.0. The minimum Gasteiger partial charge on any atom is -0.399 e. The molecular formula is C21H21N5O2. The zero-order valence-corrected chi connectivity index (χ0v) is 15.8. The molecule has 3 N–H and O–H groups in total. The Labute approximate surface area is 162 Å². The molecule has 0 fully saturated rings. The lowest BCUT2D eigenvalue weighted by Gasteiger charge is -2.16. The van der Waals surface area contributed by atoms with Crippen molar-refractivity contribution in [1.29, 1.82) is 0 Å². The lowest BCUT2D eigenvalue weighted by Crippen LogP contribution is -2.31. The molecule has 0 aliphatic carbocycles. The Kier molecular flexibility index (Phi) is 4.15. The number of hydrogen-bond donors (Lipinski definition) is 2. The summed E-state index contributed by atoms with van der Waals surface area (Å²) < 4.78 is 1.82. The monoisotopic (exact) mass is 375 g/mol. The van der Waals surface area contributed by atoms with Gasteiger partial charge in [0.2, 0.25) is 5.91 Å². The van der Waals surface area contributed by atoms with Gasteiger partial charge in [-0.2, -0.15) is 5.10 Å². The molecule has 0 saturated heterocycles. The summed E-state index contributed by atoms with van der Waals surface area (Å²) in [6, 6.07) is 9.66. The van der Waals surface area contributed by atoms with E-state index in [1.54, 1.807) is 18.0 Å². The maximum absolute atomic E-state index is 12.9. The first-order valence-corrected chi connectivity index (χ1v) is 8.92. The number of anilines is 1. The van der Waals surface area contributed by atoms with Gasteiger partial charge >= 0.3 is 0 Å². The molecule has 0 unspecified atom stereocenters. The quantitative estimate of drug-likeness (QED) is 0.539. The second-order valence-electron chi connectivity index (χ2n) is 6.98. The number of fused-ring (bicyclic) bond motifs is 2. The molecule has 2 amide bonds. The molecule has 0 spiro atoms. The molecule has 0 atom stereocenters. The third kappa shape index (κ3) is 2.81. The van der Waals surface area contributed by atoms with Gasteiger partial charge in [-0.3, -0.25) is 14.3 Å². The van der Waals surface area contributed by atoms with Crippen LogP contribution in [0.4, 0.5) is 5.69 Å². The Bertz CT molecular complexity index is 1150. The second-order valence-corrected chi connectivity index (χ2v) is 6.98. The van der Waals surface area contributed by atoms with Gasteiger partial charge in [-0.05, 0) is 34.9 Å². The SMILES string of the molecule is C=C(CN1Cc2c(cc(N)cc2-c2ccc3cnn(C)c3c2)C1=O)C(=O)NC. The van der Waals surface area contributed by atoms with E-state index in [0.717, 1.165) is 27.6 Å². The molecule has 1 aliphatic heterocycles. The van der Waals surface area contributed by atoms with E-state index in [0.29, 0.717) is 23.4 Å². The summed E-state index contributed by atoms with van der Waals surface area (Å²) in [4.78, 5) is 26.3. The first-order chi connectivity index (χ1) is 13.4. The van der Waals surface area contributed by atoms with E-state index < -0.39 is 0 Å². The van der Waals surface area contributed by atoms with Gasteiger partial charge < -0.3 is 16.0 Å². The summed E-state index contributed by atoms with van der Waals surface area (Å²) in [5.74, 6) is -0.416. The Morgan fingerprint density at radius 3 is 2.79 bits per heavy atom. The van der Waals surface area contributed by atoms with Gasteiger partial charge in [0.1, 0.15) is 0 Å². The van der Waals surface area contributed by atoms with Crippen LogP contribution in [0.1, 0.15) is 15.9 Å². The van der Waals surface area contributed by atoms with Crippen LogP contribution in [0.15, 0.2) is 48.7 Å². The Balaban J connectivity index is 1.75. The summed E-state index contributed by atoms with van der Waals surface area (Å²) in [6.07, 6.45) is 1.82. The van der Waals surface area contributed by atoms with Gasteiger partial charge in [-0.25, -0.2) is 0 Å². The normalized spacial score (nSPS) is 13.1. The van der Waals surface area contributed by atoms with Crippen LogP contribution in [-0.4, -0.2) is 40.1 Å². The third-order valence-electron chi connectivity index (χ3n) is 5.13. The Morgan fingerprint density at radius 2 is 2.04 bits per heavy atom. The van der Waals surface area contributed by atoms with Crippen LogP contribution in [0.5, 0.6) is 0 Å². The fourth-order valence-electron chi connectivity index (χ4n) is 3.66. The van der Waals surface area contributed by atoms with Crippen molar-refractivity contribution in [2.45, 2.75) is 6.54 Å². The van der Waals surface area contributed by atoms with Crippen LogP contribution >= 0.6 is 0 Å². The fraction of sp³-hybridized carbons (Fsp3) is 0.190. The first kappa shape index (κ1) is 17.8. The number of rotatable bonds is 4. The molecule has 0 bridgehead atoms. The van der Waals surface area contributed by atoms with E-state index in [2.05, 4.69) is 17.0 Å². The smallest absolute Gasteiger partial charge is 0.254 e. The van der Waals surface area contributed by atoms with Crippen LogP contribution < -0.4 is 11.1 Å². The van der Waals surface area contributed by atoms with Crippen LogP contribution in [-0.2, 0) is 18.4 Å². The number of nitrogens with zero attached hydrogens (tertiary/aromatic N) is 3. The van der Waals surface area contributed by atoms with E-state index in [1.165, 1.54) is 0 Å². The maximum atomic E-state index is 12.9. The van der Waals surface area contributed by atoms with Crippen molar-refractivity contribution in [3.63, 3.8) is 0 Å². The number of likely N-dealkylation sites (N-methyl/N-ethyl adjacent to an activating group) is 1. The van der Waals surface area contributed by atoms with E-state index in [9.17, 15) is 9.59 Å². The molecule has 2 aromatic carbocycles. The van der Waals surface area contributed by atoms with E-state index in [1.807, 2.05) is 42.2 Å². The van der Waals surface area contributed by atoms with Crippen molar-refractivity contribution in [1.82, 2.24) is 20.0 Å². The number of aryl methyl sites for hydroxylation is 1. The van der Waals surface area contributed by atoms with Gasteiger partial charge in [0.25, 0.3) is 5.91 Å². The minimum absolute atomic E-state index is 0.143. The molecule has 1 aromatic heterocycles. The van der Waals surface area contributed by atoms with Gasteiger partial charge in [-0.1, -0.05) is 18.7 Å². The lowest BCUT2D eigenvalue weighted by atomic mass is 9.95. The van der Waals surface area contributed by atoms with Crippen LogP contribution in [0.25, 0.3) is 22.0 Å². The lowest BCUT2D eigenvalue weighted by molar-refractivity contribution is -0.117. The van der Waals surface area contributed by atoms with Crippen molar-refractivity contribution in [2.75, 3.05) is 19.3 Å². The second kappa shape index (κ2) is 6.53. The molecule has 142 valence electrons. The Hall–Kier alpha value is -3.61. The predicted octanol–water partition coefficient (Wildman–Crippen LogP) is 2.08. The number of nitrogens with two attached hydrogens (primary N) is 1. The van der Waals surface area contributed by atoms with Gasteiger partial charge in [0.05, 0.1) is 18.3 Å². The van der Waals surface area contributed by atoms with Crippen molar-refractivity contribution in [3.8, 4) is 11.1 Å². The number of carbonyl (C=O) groups excluding carboxylic acids is 2. The summed E-state index contributed by atoms with van der Waals surface area (Å²) in [6.45, 7) is 4.36. The van der Waals surface area contributed by atoms with Gasteiger partial charge in [-0.15, -0.1) is 0 Å². The van der Waals surface area contributed by atoms with Crippen LogP contribution in [0.3, 0.4) is 0 Å². The van der Waals surface area contributed by atoms with Gasteiger partial charge in [0.15, 0.2) is 0 Å². The average Bonchev–Trinajstić information content (AvgIpc) is 3.21. The molecule has 0 saturated carbocycles. The number of benzene rings is 2. The molecule has 3 aromatic rings. The van der Waals surface area contributed by atoms with Gasteiger partial charge in [0, 0.05) is 42.9 Å². The molecule has 2 heterocycles. The number of nitrogens with one attached hydrogen (secondary N) is 1.